The molecule has 7 heteroatoms. The standard InChI is InChI=1S/C19H29N3O2.2ClH/c20-13-16-7-4-8-17(16)19(24)22-11-9-21(10-12-22)14-18(23)15-5-2-1-3-6-15;;/h1-3,5-6,16-18,23H,4,7-14,20H2;2*1H/t16-,17-,18?;;/m1../s1. The van der Waals surface area contributed by atoms with E-state index in [9.17, 15) is 9.90 Å². The van der Waals surface area contributed by atoms with E-state index >= 15 is 0 Å². The number of carbonyl (C=O) groups is 1. The number of benzene rings is 1. The van der Waals surface area contributed by atoms with Crippen LogP contribution in [0.1, 0.15) is 30.9 Å². The highest BCUT2D eigenvalue weighted by molar-refractivity contribution is 5.85. The molecule has 148 valence electrons. The highest BCUT2D eigenvalue weighted by Crippen LogP contribution is 2.32. The minimum Gasteiger partial charge on any atom is -0.387 e. The quantitative estimate of drug-likeness (QED) is 0.789. The van der Waals surface area contributed by atoms with Crippen molar-refractivity contribution in [2.75, 3.05) is 39.3 Å². The largest absolute Gasteiger partial charge is 0.387 e. The fourth-order valence-electron chi connectivity index (χ4n) is 4.05. The molecule has 0 aromatic heterocycles. The number of nitrogens with zero attached hydrogens (tertiary/aromatic N) is 2. The summed E-state index contributed by atoms with van der Waals surface area (Å²) in [4.78, 5) is 17.0. The molecule has 1 amide bonds. The van der Waals surface area contributed by atoms with Crippen LogP contribution >= 0.6 is 24.8 Å². The Morgan fingerprint density at radius 2 is 1.77 bits per heavy atom. The van der Waals surface area contributed by atoms with Crippen LogP contribution in [0.3, 0.4) is 0 Å². The van der Waals surface area contributed by atoms with Crippen LogP contribution in [0.15, 0.2) is 30.3 Å². The van der Waals surface area contributed by atoms with Crippen LogP contribution in [0, 0.1) is 11.8 Å². The molecule has 26 heavy (non-hydrogen) atoms. The van der Waals surface area contributed by atoms with Crippen LogP contribution in [0.25, 0.3) is 0 Å². The van der Waals surface area contributed by atoms with Crippen molar-refractivity contribution in [2.45, 2.75) is 25.4 Å². The van der Waals surface area contributed by atoms with Crippen molar-refractivity contribution in [1.82, 2.24) is 9.80 Å². The molecular formula is C19H31Cl2N3O2. The lowest BCUT2D eigenvalue weighted by Crippen LogP contribution is -2.51. The van der Waals surface area contributed by atoms with Crippen LogP contribution in [-0.4, -0.2) is 60.1 Å². The minimum absolute atomic E-state index is 0. The predicted octanol–water partition coefficient (Wildman–Crippen LogP) is 2.08. The monoisotopic (exact) mass is 403 g/mol. The van der Waals surface area contributed by atoms with E-state index in [0.29, 0.717) is 24.9 Å². The highest BCUT2D eigenvalue weighted by Gasteiger charge is 2.35. The molecule has 2 fully saturated rings. The van der Waals surface area contributed by atoms with Crippen molar-refractivity contribution in [3.8, 4) is 0 Å². The Balaban J connectivity index is 0.00000169. The molecule has 1 saturated heterocycles. The van der Waals surface area contributed by atoms with Gasteiger partial charge in [0.05, 0.1) is 6.10 Å². The molecule has 3 N–H and O–H groups in total. The molecule has 1 aromatic carbocycles. The molecule has 1 unspecified atom stereocenters. The summed E-state index contributed by atoms with van der Waals surface area (Å²) < 4.78 is 0. The molecule has 3 atom stereocenters. The zero-order chi connectivity index (χ0) is 16.9. The molecule has 2 aliphatic rings. The van der Waals surface area contributed by atoms with Gasteiger partial charge in [-0.2, -0.15) is 0 Å². The van der Waals surface area contributed by atoms with E-state index in [4.69, 9.17) is 5.73 Å². The molecule has 0 radical (unpaired) electrons. The maximum absolute atomic E-state index is 12.7. The number of hydrogen-bond acceptors (Lipinski definition) is 4. The molecular weight excluding hydrogens is 373 g/mol. The maximum atomic E-state index is 12.7. The lowest BCUT2D eigenvalue weighted by molar-refractivity contribution is -0.138. The smallest absolute Gasteiger partial charge is 0.226 e. The van der Waals surface area contributed by atoms with Gasteiger partial charge >= 0.3 is 0 Å². The summed E-state index contributed by atoms with van der Waals surface area (Å²) >= 11 is 0. The number of hydrogen-bond donors (Lipinski definition) is 2. The molecule has 1 heterocycles. The number of β-amino-alcohol motifs (C(OH)–C–C–N with tert-alkyl or cyclic N) is 1. The number of amides is 1. The number of aliphatic hydroxyl groups is 1. The third-order valence-corrected chi connectivity index (χ3v) is 5.58. The predicted molar refractivity (Wildman–Crippen MR) is 109 cm³/mol. The van der Waals surface area contributed by atoms with E-state index in [1.54, 1.807) is 0 Å². The molecule has 5 nitrogen and oxygen atoms in total. The summed E-state index contributed by atoms with van der Waals surface area (Å²) in [5.41, 5.74) is 6.77. The Kier molecular flexibility index (Phi) is 9.90. The van der Waals surface area contributed by atoms with Gasteiger partial charge in [0.2, 0.25) is 5.91 Å². The van der Waals surface area contributed by atoms with Crippen LogP contribution in [0.4, 0.5) is 0 Å². The van der Waals surface area contributed by atoms with Crippen molar-refractivity contribution < 1.29 is 9.90 Å². The zero-order valence-corrected chi connectivity index (χ0v) is 16.8. The van der Waals surface area contributed by atoms with Crippen LogP contribution in [0.2, 0.25) is 0 Å². The van der Waals surface area contributed by atoms with Gasteiger partial charge in [0.1, 0.15) is 0 Å². The second-order valence-electron chi connectivity index (χ2n) is 7.09. The molecule has 1 aliphatic carbocycles. The summed E-state index contributed by atoms with van der Waals surface area (Å²) in [5.74, 6) is 0.804. The van der Waals surface area contributed by atoms with Crippen LogP contribution in [-0.2, 0) is 4.79 Å². The number of rotatable bonds is 5. The Hall–Kier alpha value is -0.850. The Labute approximate surface area is 168 Å². The first kappa shape index (κ1) is 23.2. The minimum atomic E-state index is -0.468. The second-order valence-corrected chi connectivity index (χ2v) is 7.09. The van der Waals surface area contributed by atoms with Crippen molar-refractivity contribution in [3.05, 3.63) is 35.9 Å². The summed E-state index contributed by atoms with van der Waals surface area (Å²) in [6.07, 6.45) is 2.75. The Morgan fingerprint density at radius 1 is 1.12 bits per heavy atom. The zero-order valence-electron chi connectivity index (χ0n) is 15.1. The van der Waals surface area contributed by atoms with E-state index in [-0.39, 0.29) is 30.7 Å². The number of nitrogens with two attached hydrogens (primary N) is 1. The van der Waals surface area contributed by atoms with Crippen molar-refractivity contribution in [1.29, 1.82) is 0 Å². The van der Waals surface area contributed by atoms with E-state index in [2.05, 4.69) is 4.90 Å². The topological polar surface area (TPSA) is 69.8 Å². The normalized spacial score (nSPS) is 24.5. The van der Waals surface area contributed by atoms with Gasteiger partial charge in [0.15, 0.2) is 0 Å². The van der Waals surface area contributed by atoms with Crippen molar-refractivity contribution in [3.63, 3.8) is 0 Å². The van der Waals surface area contributed by atoms with Gasteiger partial charge in [-0.1, -0.05) is 36.8 Å². The fourth-order valence-corrected chi connectivity index (χ4v) is 4.05. The number of halogens is 2. The molecule has 1 aromatic rings. The molecule has 1 saturated carbocycles. The Morgan fingerprint density at radius 3 is 2.38 bits per heavy atom. The van der Waals surface area contributed by atoms with Gasteiger partial charge in [-0.05, 0) is 30.9 Å². The average molecular weight is 404 g/mol. The first-order valence-corrected chi connectivity index (χ1v) is 9.13. The van der Waals surface area contributed by atoms with E-state index in [1.807, 2.05) is 35.2 Å². The van der Waals surface area contributed by atoms with Crippen molar-refractivity contribution in [2.24, 2.45) is 17.6 Å². The lowest BCUT2D eigenvalue weighted by atomic mass is 9.94. The molecule has 0 bridgehead atoms. The molecule has 0 spiro atoms. The average Bonchev–Trinajstić information content (AvgIpc) is 3.11. The Bertz CT molecular complexity index is 539. The van der Waals surface area contributed by atoms with Gasteiger partial charge in [-0.25, -0.2) is 0 Å². The molecule has 1 aliphatic heterocycles. The third-order valence-electron chi connectivity index (χ3n) is 5.58. The highest BCUT2D eigenvalue weighted by atomic mass is 35.5. The van der Waals surface area contributed by atoms with Gasteiger partial charge in [-0.15, -0.1) is 24.8 Å². The first-order valence-electron chi connectivity index (χ1n) is 9.13. The summed E-state index contributed by atoms with van der Waals surface area (Å²) in [6, 6.07) is 9.77. The van der Waals surface area contributed by atoms with E-state index in [0.717, 1.165) is 51.0 Å². The number of aliphatic hydroxyl groups excluding tert-OH is 1. The van der Waals surface area contributed by atoms with Crippen LogP contribution in [0.5, 0.6) is 0 Å². The molecule has 3 rings (SSSR count). The van der Waals surface area contributed by atoms with Gasteiger partial charge < -0.3 is 15.7 Å². The van der Waals surface area contributed by atoms with Gasteiger partial charge in [0.25, 0.3) is 0 Å². The van der Waals surface area contributed by atoms with Crippen LogP contribution < -0.4 is 5.73 Å². The first-order chi connectivity index (χ1) is 11.7. The third kappa shape index (κ3) is 5.57. The SMILES string of the molecule is Cl.Cl.NC[C@H]1CCC[C@H]1C(=O)N1CCN(CC(O)c2ccccc2)CC1. The maximum Gasteiger partial charge on any atom is 0.226 e. The summed E-state index contributed by atoms with van der Waals surface area (Å²) in [6.45, 7) is 4.42. The summed E-state index contributed by atoms with van der Waals surface area (Å²) in [5, 5.41) is 10.4. The fraction of sp³-hybridized carbons (Fsp3) is 0.632. The van der Waals surface area contributed by atoms with Gasteiger partial charge in [-0.3, -0.25) is 9.69 Å². The number of piperazine rings is 1. The lowest BCUT2D eigenvalue weighted by Gasteiger charge is -2.37. The van der Waals surface area contributed by atoms with E-state index < -0.39 is 6.10 Å². The van der Waals surface area contributed by atoms with Gasteiger partial charge in [0, 0.05) is 38.6 Å². The van der Waals surface area contributed by atoms with Crippen molar-refractivity contribution >= 4 is 30.7 Å². The van der Waals surface area contributed by atoms with E-state index in [1.165, 1.54) is 0 Å². The number of carbonyl (C=O) groups excluding carboxylic acids is 1. The summed E-state index contributed by atoms with van der Waals surface area (Å²) in [7, 11) is 0. The second kappa shape index (κ2) is 11.1.